The minimum atomic E-state index is -1.10. The van der Waals surface area contributed by atoms with Crippen LogP contribution in [0, 0.1) is 35.5 Å². The Kier molecular flexibility index (Phi) is 10.8. The fourth-order valence-electron chi connectivity index (χ4n) is 6.11. The van der Waals surface area contributed by atoms with Crippen molar-refractivity contribution in [1.82, 2.24) is 0 Å². The van der Waals surface area contributed by atoms with E-state index in [4.69, 9.17) is 14.2 Å². The average Bonchev–Trinajstić information content (AvgIpc) is 2.87. The molecule has 3 rings (SSSR count). The van der Waals surface area contributed by atoms with E-state index in [1.807, 2.05) is 78.8 Å². The Morgan fingerprint density at radius 3 is 2.33 bits per heavy atom. The standard InChI is InChI=1S/C32H50O7/c1-18(2)30-22(6)26(34)16-25(33)17-28-20(4)13-14-32(39-28)24(8)29(35)23(7)27(38-32)12-10-9-11-19(3)15-21(5)31(36)37-30/h9-11,13-14,18,20-25,27-30,33,35H,12,15-17H2,1-8H3/b10-9+,19-11+/t20-,21+,22-,23-,24-,25-,27+,28-,29-,30-,32-/m0/s1. The molecule has 1 fully saturated rings. The first kappa shape index (κ1) is 31.7. The maximum absolute atomic E-state index is 13.2. The molecule has 1 saturated heterocycles. The molecule has 11 atom stereocenters. The van der Waals surface area contributed by atoms with Crippen LogP contribution >= 0.6 is 0 Å². The maximum atomic E-state index is 13.2. The number of esters is 1. The first-order valence-electron chi connectivity index (χ1n) is 14.7. The van der Waals surface area contributed by atoms with E-state index in [1.165, 1.54) is 0 Å². The van der Waals surface area contributed by atoms with Crippen molar-refractivity contribution in [2.45, 2.75) is 117 Å². The number of aliphatic hydroxyl groups excluding tert-OH is 2. The summed E-state index contributed by atoms with van der Waals surface area (Å²) in [7, 11) is 0. The number of fused-ring (bicyclic) bond motifs is 2. The Bertz CT molecular complexity index is 952. The van der Waals surface area contributed by atoms with Gasteiger partial charge in [0, 0.05) is 30.6 Å². The van der Waals surface area contributed by atoms with Gasteiger partial charge in [-0.05, 0) is 31.8 Å². The molecule has 3 aliphatic heterocycles. The van der Waals surface area contributed by atoms with Crippen LogP contribution in [0.5, 0.6) is 0 Å². The highest BCUT2D eigenvalue weighted by Crippen LogP contribution is 2.44. The number of Topliss-reactive ketones (excluding diaryl/α,β-unsaturated/α-hetero) is 1. The zero-order chi connectivity index (χ0) is 29.1. The third-order valence-corrected chi connectivity index (χ3v) is 8.93. The van der Waals surface area contributed by atoms with Gasteiger partial charge in [0.15, 0.2) is 5.79 Å². The van der Waals surface area contributed by atoms with Gasteiger partial charge in [-0.2, -0.15) is 0 Å². The number of aliphatic hydroxyl groups is 2. The highest BCUT2D eigenvalue weighted by molar-refractivity contribution is 5.82. The highest BCUT2D eigenvalue weighted by Gasteiger charge is 2.52. The lowest BCUT2D eigenvalue weighted by Gasteiger charge is -2.52. The van der Waals surface area contributed by atoms with Gasteiger partial charge < -0.3 is 24.4 Å². The molecule has 7 heteroatoms. The molecule has 3 aliphatic rings. The zero-order valence-electron chi connectivity index (χ0n) is 25.0. The molecule has 2 N–H and O–H groups in total. The number of ketones is 1. The number of hydrogen-bond acceptors (Lipinski definition) is 7. The molecular formula is C32H50O7. The molecule has 0 unspecified atom stereocenters. The summed E-state index contributed by atoms with van der Waals surface area (Å²) in [5.41, 5.74) is 1.04. The lowest BCUT2D eigenvalue weighted by Crippen LogP contribution is -2.60. The van der Waals surface area contributed by atoms with Gasteiger partial charge in [0.1, 0.15) is 11.9 Å². The molecule has 7 nitrogen and oxygen atoms in total. The molecular weight excluding hydrogens is 496 g/mol. The van der Waals surface area contributed by atoms with Gasteiger partial charge in [-0.1, -0.05) is 78.3 Å². The molecule has 220 valence electrons. The molecule has 0 aliphatic carbocycles. The Labute approximate surface area is 234 Å². The van der Waals surface area contributed by atoms with Crippen LogP contribution in [-0.4, -0.2) is 58.3 Å². The third kappa shape index (κ3) is 7.49. The molecule has 0 aromatic heterocycles. The van der Waals surface area contributed by atoms with Crippen LogP contribution in [0.1, 0.15) is 81.1 Å². The normalized spacial score (nSPS) is 45.3. The van der Waals surface area contributed by atoms with Gasteiger partial charge in [0.05, 0.1) is 36.3 Å². The third-order valence-electron chi connectivity index (χ3n) is 8.93. The molecule has 3 bridgehead atoms. The van der Waals surface area contributed by atoms with E-state index in [1.54, 1.807) is 6.92 Å². The van der Waals surface area contributed by atoms with Crippen LogP contribution in [0.15, 0.2) is 36.0 Å². The SMILES string of the molecule is C/C1=C\C=C\C[C@H]2O[C@]3(C=C[C@H](C)[C@H](C[C@@H](O)CC(=O)[C@H](C)[C@H](C(C)C)OC(=O)[C@H](C)C1)O3)[C@@H](C)[C@@H](O)[C@H]2C. The highest BCUT2D eigenvalue weighted by atomic mass is 16.7. The summed E-state index contributed by atoms with van der Waals surface area (Å²) in [5, 5.41) is 22.1. The van der Waals surface area contributed by atoms with Crippen molar-refractivity contribution in [3.05, 3.63) is 36.0 Å². The summed E-state index contributed by atoms with van der Waals surface area (Å²) in [5.74, 6) is -2.90. The number of ether oxygens (including phenoxy) is 3. The molecule has 0 aromatic carbocycles. The van der Waals surface area contributed by atoms with Gasteiger partial charge in [-0.25, -0.2) is 0 Å². The monoisotopic (exact) mass is 546 g/mol. The smallest absolute Gasteiger partial charge is 0.309 e. The van der Waals surface area contributed by atoms with Gasteiger partial charge in [0.25, 0.3) is 0 Å². The van der Waals surface area contributed by atoms with E-state index in [0.29, 0.717) is 12.8 Å². The topological polar surface area (TPSA) is 102 Å². The maximum Gasteiger partial charge on any atom is 0.309 e. The molecule has 0 radical (unpaired) electrons. The van der Waals surface area contributed by atoms with Crippen LogP contribution in [-0.2, 0) is 23.8 Å². The molecule has 1 spiro atoms. The summed E-state index contributed by atoms with van der Waals surface area (Å²) < 4.78 is 19.0. The molecule has 39 heavy (non-hydrogen) atoms. The lowest BCUT2D eigenvalue weighted by atomic mass is 9.78. The van der Waals surface area contributed by atoms with Gasteiger partial charge >= 0.3 is 5.97 Å². The van der Waals surface area contributed by atoms with E-state index >= 15 is 0 Å². The quantitative estimate of drug-likeness (QED) is 0.346. The van der Waals surface area contributed by atoms with Crippen LogP contribution in [0.25, 0.3) is 0 Å². The van der Waals surface area contributed by atoms with Crippen molar-refractivity contribution in [3.63, 3.8) is 0 Å². The Balaban J connectivity index is 1.93. The number of carbonyl (C=O) groups excluding carboxylic acids is 2. The second-order valence-electron chi connectivity index (χ2n) is 12.7. The predicted octanol–water partition coefficient (Wildman–Crippen LogP) is 5.15. The fraction of sp³-hybridized carbons (Fsp3) is 0.750. The number of rotatable bonds is 1. The van der Waals surface area contributed by atoms with E-state index < -0.39 is 30.0 Å². The predicted molar refractivity (Wildman–Crippen MR) is 151 cm³/mol. The van der Waals surface area contributed by atoms with Crippen molar-refractivity contribution in [2.75, 3.05) is 0 Å². The number of carbonyl (C=O) groups is 2. The van der Waals surface area contributed by atoms with Crippen molar-refractivity contribution in [3.8, 4) is 0 Å². The molecule has 3 heterocycles. The molecule has 0 amide bonds. The minimum Gasteiger partial charge on any atom is -0.461 e. The number of allylic oxidation sites excluding steroid dienone is 3. The van der Waals surface area contributed by atoms with Crippen LogP contribution in [0.3, 0.4) is 0 Å². The second-order valence-corrected chi connectivity index (χ2v) is 12.7. The number of cyclic esters (lactones) is 1. The summed E-state index contributed by atoms with van der Waals surface area (Å²) in [6, 6.07) is 0. The van der Waals surface area contributed by atoms with Crippen molar-refractivity contribution in [1.29, 1.82) is 0 Å². The molecule has 0 aromatic rings. The summed E-state index contributed by atoms with van der Waals surface area (Å²) in [6.07, 6.45) is 8.52. The first-order chi connectivity index (χ1) is 18.3. The first-order valence-corrected chi connectivity index (χ1v) is 14.7. The van der Waals surface area contributed by atoms with E-state index in [9.17, 15) is 19.8 Å². The summed E-state index contributed by atoms with van der Waals surface area (Å²) in [4.78, 5) is 26.2. The fourth-order valence-corrected chi connectivity index (χ4v) is 6.11. The zero-order valence-corrected chi connectivity index (χ0v) is 25.0. The Morgan fingerprint density at radius 2 is 1.67 bits per heavy atom. The van der Waals surface area contributed by atoms with Crippen molar-refractivity contribution < 1.29 is 34.0 Å². The van der Waals surface area contributed by atoms with Crippen LogP contribution in [0.4, 0.5) is 0 Å². The van der Waals surface area contributed by atoms with Crippen LogP contribution < -0.4 is 0 Å². The van der Waals surface area contributed by atoms with E-state index in [-0.39, 0.29) is 66.4 Å². The summed E-state index contributed by atoms with van der Waals surface area (Å²) in [6.45, 7) is 15.4. The molecule has 0 saturated carbocycles. The number of hydrogen-bond donors (Lipinski definition) is 2. The lowest BCUT2D eigenvalue weighted by molar-refractivity contribution is -0.332. The Hall–Kier alpha value is -1.80. The average molecular weight is 547 g/mol. The van der Waals surface area contributed by atoms with Gasteiger partial charge in [-0.3, -0.25) is 9.59 Å². The Morgan fingerprint density at radius 1 is 1.00 bits per heavy atom. The van der Waals surface area contributed by atoms with E-state index in [2.05, 4.69) is 0 Å². The van der Waals surface area contributed by atoms with Gasteiger partial charge in [0.2, 0.25) is 0 Å². The largest absolute Gasteiger partial charge is 0.461 e. The summed E-state index contributed by atoms with van der Waals surface area (Å²) >= 11 is 0. The second kappa shape index (κ2) is 13.2. The van der Waals surface area contributed by atoms with E-state index in [0.717, 1.165) is 5.57 Å². The van der Waals surface area contributed by atoms with Crippen molar-refractivity contribution >= 4 is 11.8 Å². The van der Waals surface area contributed by atoms with Gasteiger partial charge in [-0.15, -0.1) is 0 Å². The minimum absolute atomic E-state index is 0.000245. The van der Waals surface area contributed by atoms with Crippen LogP contribution in [0.2, 0.25) is 0 Å². The van der Waals surface area contributed by atoms with Crippen molar-refractivity contribution in [2.24, 2.45) is 35.5 Å².